The summed E-state index contributed by atoms with van der Waals surface area (Å²) in [6.07, 6.45) is -6.09. The van der Waals surface area contributed by atoms with E-state index in [0.29, 0.717) is 11.0 Å². The maximum Gasteiger partial charge on any atom is 0.417 e. The van der Waals surface area contributed by atoms with Crippen molar-refractivity contribution in [2.45, 2.75) is 28.8 Å². The van der Waals surface area contributed by atoms with E-state index < -0.39 is 73.5 Å². The van der Waals surface area contributed by atoms with Gasteiger partial charge in [0.25, 0.3) is 10.1 Å². The van der Waals surface area contributed by atoms with E-state index in [1.807, 2.05) is 0 Å². The van der Waals surface area contributed by atoms with Gasteiger partial charge in [0.15, 0.2) is 9.84 Å². The number of rotatable bonds is 5. The summed E-state index contributed by atoms with van der Waals surface area (Å²) in [5, 5.41) is 7.73. The molecule has 13 heteroatoms. The van der Waals surface area contributed by atoms with Gasteiger partial charge in [-0.2, -0.15) is 21.6 Å². The molecular formula is C14H16F3NO7S2. The number of benzene rings is 1. The topological polar surface area (TPSA) is 118 Å². The molecule has 1 amide bonds. The lowest BCUT2D eigenvalue weighted by molar-refractivity contribution is -0.139. The molecule has 0 radical (unpaired) electrons. The van der Waals surface area contributed by atoms with Gasteiger partial charge in [0.1, 0.15) is 0 Å². The zero-order valence-electron chi connectivity index (χ0n) is 13.9. The van der Waals surface area contributed by atoms with Crippen molar-refractivity contribution in [3.8, 4) is 0 Å². The van der Waals surface area contributed by atoms with E-state index >= 15 is 0 Å². The Hall–Kier alpha value is -1.86. The maximum atomic E-state index is 13.1. The van der Waals surface area contributed by atoms with E-state index in [2.05, 4.69) is 4.18 Å². The molecule has 1 heterocycles. The summed E-state index contributed by atoms with van der Waals surface area (Å²) in [6.45, 7) is -1.22. The molecule has 0 aromatic heterocycles. The number of hydrogen-bond donors (Lipinski definition) is 1. The van der Waals surface area contributed by atoms with Gasteiger partial charge in [-0.3, -0.25) is 4.18 Å². The molecule has 152 valence electrons. The number of likely N-dealkylation sites (tertiary alicyclic amines) is 1. The fraction of sp³-hybridized carbons (Fsp3) is 0.500. The summed E-state index contributed by atoms with van der Waals surface area (Å²) in [5.41, 5.74) is -1.34. The predicted octanol–water partition coefficient (Wildman–Crippen LogP) is 1.58. The number of carboxylic acid groups (broad SMARTS) is 1. The van der Waals surface area contributed by atoms with Crippen molar-refractivity contribution >= 4 is 26.0 Å². The molecule has 1 fully saturated rings. The number of alkyl halides is 3. The summed E-state index contributed by atoms with van der Waals surface area (Å²) in [6, 6.07) is 2.49. The molecule has 0 unspecified atom stereocenters. The van der Waals surface area contributed by atoms with E-state index in [0.717, 1.165) is 24.5 Å². The van der Waals surface area contributed by atoms with Gasteiger partial charge in [0, 0.05) is 6.54 Å². The lowest BCUT2D eigenvalue weighted by atomic mass is 10.2. The standard InChI is InChI=1S/C14H16F3NO7S2/c1-26(21,22)25-8-9-6-10(7-18(9)13(19)20)27(23,24)12-5-3-2-4-11(12)14(15,16)17/h2-5,9-10H,6-8H2,1H3,(H,19,20)/t9-,10+/m1/s1. The van der Waals surface area contributed by atoms with Gasteiger partial charge >= 0.3 is 12.3 Å². The highest BCUT2D eigenvalue weighted by molar-refractivity contribution is 7.92. The number of sulfone groups is 1. The first kappa shape index (κ1) is 21.4. The zero-order chi connectivity index (χ0) is 20.6. The highest BCUT2D eigenvalue weighted by atomic mass is 32.2. The number of amides is 1. The molecule has 1 aliphatic heterocycles. The van der Waals surface area contributed by atoms with Gasteiger partial charge in [-0.1, -0.05) is 12.1 Å². The summed E-state index contributed by atoms with van der Waals surface area (Å²) in [4.78, 5) is 11.0. The molecule has 8 nitrogen and oxygen atoms in total. The van der Waals surface area contributed by atoms with Crippen LogP contribution in [0.5, 0.6) is 0 Å². The third-order valence-electron chi connectivity index (χ3n) is 4.03. The Morgan fingerprint density at radius 3 is 2.37 bits per heavy atom. The zero-order valence-corrected chi connectivity index (χ0v) is 15.5. The first-order valence-electron chi connectivity index (χ1n) is 7.47. The van der Waals surface area contributed by atoms with Gasteiger partial charge in [0.2, 0.25) is 0 Å². The van der Waals surface area contributed by atoms with Crippen molar-refractivity contribution < 1.29 is 44.1 Å². The SMILES string of the molecule is CS(=O)(=O)OC[C@H]1C[C@H](S(=O)(=O)c2ccccc2C(F)(F)F)CN1C(=O)O. The Bertz CT molecular complexity index is 928. The third kappa shape index (κ3) is 4.90. The lowest BCUT2D eigenvalue weighted by Crippen LogP contribution is -2.38. The van der Waals surface area contributed by atoms with Crippen molar-refractivity contribution in [3.63, 3.8) is 0 Å². The van der Waals surface area contributed by atoms with Crippen LogP contribution in [0.2, 0.25) is 0 Å². The normalized spacial score (nSPS) is 21.4. The molecule has 2 atom stereocenters. The van der Waals surface area contributed by atoms with Crippen LogP contribution < -0.4 is 0 Å². The second-order valence-electron chi connectivity index (χ2n) is 5.97. The largest absolute Gasteiger partial charge is 0.465 e. The van der Waals surface area contributed by atoms with Gasteiger partial charge in [-0.05, 0) is 18.6 Å². The summed E-state index contributed by atoms with van der Waals surface area (Å²) < 4.78 is 91.6. The monoisotopic (exact) mass is 431 g/mol. The van der Waals surface area contributed by atoms with E-state index in [1.54, 1.807) is 0 Å². The average Bonchev–Trinajstić information content (AvgIpc) is 2.97. The smallest absolute Gasteiger partial charge is 0.417 e. The van der Waals surface area contributed by atoms with Crippen LogP contribution in [0.4, 0.5) is 18.0 Å². The first-order chi connectivity index (χ1) is 12.2. The van der Waals surface area contributed by atoms with Gasteiger partial charge in [-0.25, -0.2) is 13.2 Å². The van der Waals surface area contributed by atoms with Crippen LogP contribution >= 0.6 is 0 Å². The van der Waals surface area contributed by atoms with E-state index in [-0.39, 0.29) is 0 Å². The van der Waals surface area contributed by atoms with Crippen LogP contribution in [-0.4, -0.2) is 63.6 Å². The summed E-state index contributed by atoms with van der Waals surface area (Å²) in [5.74, 6) is 0. The Kier molecular flexibility index (Phi) is 5.78. The molecule has 0 spiro atoms. The summed E-state index contributed by atoms with van der Waals surface area (Å²) >= 11 is 0. The van der Waals surface area contributed by atoms with E-state index in [9.17, 15) is 39.9 Å². The predicted molar refractivity (Wildman–Crippen MR) is 86.3 cm³/mol. The van der Waals surface area contributed by atoms with Crippen molar-refractivity contribution in [1.82, 2.24) is 4.90 Å². The van der Waals surface area contributed by atoms with Crippen LogP contribution in [0.1, 0.15) is 12.0 Å². The van der Waals surface area contributed by atoms with E-state index in [4.69, 9.17) is 0 Å². The average molecular weight is 431 g/mol. The molecule has 1 aromatic carbocycles. The molecule has 1 saturated heterocycles. The molecule has 0 aliphatic carbocycles. The summed E-state index contributed by atoms with van der Waals surface area (Å²) in [7, 11) is -8.45. The quantitative estimate of drug-likeness (QED) is 0.703. The van der Waals surface area contributed by atoms with Crippen LogP contribution in [-0.2, 0) is 30.3 Å². The Labute approximate surface area is 153 Å². The third-order valence-corrected chi connectivity index (χ3v) is 6.79. The van der Waals surface area contributed by atoms with Crippen LogP contribution in [0.15, 0.2) is 29.2 Å². The van der Waals surface area contributed by atoms with Crippen LogP contribution in [0, 0.1) is 0 Å². The van der Waals surface area contributed by atoms with Gasteiger partial charge < -0.3 is 10.0 Å². The maximum absolute atomic E-state index is 13.1. The molecule has 1 N–H and O–H groups in total. The number of hydrogen-bond acceptors (Lipinski definition) is 6. The fourth-order valence-corrected chi connectivity index (χ4v) is 5.18. The molecule has 1 aliphatic rings. The van der Waals surface area contributed by atoms with Crippen molar-refractivity contribution in [2.75, 3.05) is 19.4 Å². The molecule has 0 saturated carbocycles. The second kappa shape index (κ2) is 7.28. The van der Waals surface area contributed by atoms with Crippen LogP contribution in [0.25, 0.3) is 0 Å². The minimum Gasteiger partial charge on any atom is -0.465 e. The Balaban J connectivity index is 2.36. The first-order valence-corrected chi connectivity index (χ1v) is 10.8. The molecular weight excluding hydrogens is 415 g/mol. The van der Waals surface area contributed by atoms with E-state index in [1.165, 1.54) is 0 Å². The Morgan fingerprint density at radius 1 is 1.26 bits per heavy atom. The highest BCUT2D eigenvalue weighted by Gasteiger charge is 2.45. The van der Waals surface area contributed by atoms with Gasteiger partial charge in [-0.15, -0.1) is 0 Å². The number of carbonyl (C=O) groups is 1. The van der Waals surface area contributed by atoms with Crippen molar-refractivity contribution in [2.24, 2.45) is 0 Å². The lowest BCUT2D eigenvalue weighted by Gasteiger charge is -2.20. The fourth-order valence-electron chi connectivity index (χ4n) is 2.82. The minimum atomic E-state index is -4.91. The number of nitrogens with zero attached hydrogens (tertiary/aromatic N) is 1. The highest BCUT2D eigenvalue weighted by Crippen LogP contribution is 2.37. The molecule has 1 aromatic rings. The molecule has 27 heavy (non-hydrogen) atoms. The number of halogens is 3. The van der Waals surface area contributed by atoms with Gasteiger partial charge in [0.05, 0.1) is 34.6 Å². The van der Waals surface area contributed by atoms with Crippen LogP contribution in [0.3, 0.4) is 0 Å². The Morgan fingerprint density at radius 2 is 1.85 bits per heavy atom. The minimum absolute atomic E-state index is 0.393. The second-order valence-corrected chi connectivity index (χ2v) is 9.81. The molecule has 0 bridgehead atoms. The van der Waals surface area contributed by atoms with Crippen molar-refractivity contribution in [1.29, 1.82) is 0 Å². The van der Waals surface area contributed by atoms with Crippen molar-refractivity contribution in [3.05, 3.63) is 29.8 Å². The molecule has 2 rings (SSSR count).